The van der Waals surface area contributed by atoms with Crippen LogP contribution >= 0.6 is 0 Å². The van der Waals surface area contributed by atoms with Gasteiger partial charge in [-0.2, -0.15) is 0 Å². The van der Waals surface area contributed by atoms with Gasteiger partial charge in [-0.05, 0) is 18.9 Å². The molecule has 0 spiro atoms. The summed E-state index contributed by atoms with van der Waals surface area (Å²) in [5.41, 5.74) is 2.13. The number of nitrogens with two attached hydrogens (primary N) is 1. The summed E-state index contributed by atoms with van der Waals surface area (Å²) in [5.74, 6) is 5.13. The Bertz CT molecular complexity index is 237. The Morgan fingerprint density at radius 3 is 2.94 bits per heavy atom. The minimum atomic E-state index is -0.419. The van der Waals surface area contributed by atoms with Crippen LogP contribution in [-0.4, -0.2) is 54.9 Å². The lowest BCUT2D eigenvalue weighted by atomic mass is 9.95. The Balaban J connectivity index is 2.61. The smallest absolute Gasteiger partial charge is 0.253 e. The number of hydrogen-bond acceptors (Lipinski definition) is 5. The second kappa shape index (κ2) is 6.15. The van der Waals surface area contributed by atoms with Crippen LogP contribution in [0.25, 0.3) is 0 Å². The van der Waals surface area contributed by atoms with Gasteiger partial charge in [0, 0.05) is 13.7 Å². The zero-order valence-electron chi connectivity index (χ0n) is 9.85. The van der Waals surface area contributed by atoms with E-state index < -0.39 is 12.1 Å². The van der Waals surface area contributed by atoms with Gasteiger partial charge < -0.3 is 9.84 Å². The highest BCUT2D eigenvalue weighted by Crippen LogP contribution is 2.19. The molecule has 3 atom stereocenters. The first kappa shape index (κ1) is 13.4. The summed E-state index contributed by atoms with van der Waals surface area (Å²) in [6.45, 7) is 3.56. The van der Waals surface area contributed by atoms with Gasteiger partial charge in [-0.25, -0.2) is 5.84 Å². The number of nitrogens with zero attached hydrogens (tertiary/aromatic N) is 1. The summed E-state index contributed by atoms with van der Waals surface area (Å²) < 4.78 is 5.00. The zero-order valence-corrected chi connectivity index (χ0v) is 9.85. The monoisotopic (exact) mass is 231 g/mol. The number of hydrazine groups is 1. The fraction of sp³-hybridized carbons (Fsp3) is 0.900. The number of β-amino-alcohol motifs (C(OH)–C–C–N with tert-alkyl or cyclic N) is 1. The molecule has 1 aliphatic heterocycles. The van der Waals surface area contributed by atoms with E-state index in [1.54, 1.807) is 7.11 Å². The van der Waals surface area contributed by atoms with Crippen molar-refractivity contribution >= 4 is 5.91 Å². The Morgan fingerprint density at radius 1 is 1.75 bits per heavy atom. The van der Waals surface area contributed by atoms with Crippen LogP contribution < -0.4 is 11.3 Å². The molecule has 0 aromatic carbocycles. The molecule has 0 saturated carbocycles. The van der Waals surface area contributed by atoms with Crippen molar-refractivity contribution in [1.82, 2.24) is 10.3 Å². The molecule has 0 bridgehead atoms. The van der Waals surface area contributed by atoms with Gasteiger partial charge in [0.2, 0.25) is 0 Å². The summed E-state index contributed by atoms with van der Waals surface area (Å²) in [6, 6.07) is -0.419. The van der Waals surface area contributed by atoms with Crippen LogP contribution in [0.2, 0.25) is 0 Å². The number of ether oxygens (including phenoxy) is 1. The van der Waals surface area contributed by atoms with Crippen LogP contribution in [0, 0.1) is 5.92 Å². The minimum absolute atomic E-state index is 0.274. The first-order valence-electron chi connectivity index (χ1n) is 5.51. The third kappa shape index (κ3) is 3.15. The second-order valence-corrected chi connectivity index (χ2v) is 4.31. The number of aliphatic hydroxyl groups excluding tert-OH is 1. The quantitative estimate of drug-likeness (QED) is 0.318. The molecule has 1 saturated heterocycles. The average molecular weight is 231 g/mol. The van der Waals surface area contributed by atoms with Gasteiger partial charge in [0.1, 0.15) is 6.04 Å². The summed E-state index contributed by atoms with van der Waals surface area (Å²) in [6.07, 6.45) is 0.484. The van der Waals surface area contributed by atoms with Gasteiger partial charge in [-0.3, -0.25) is 15.1 Å². The van der Waals surface area contributed by atoms with Crippen LogP contribution in [0.5, 0.6) is 0 Å². The number of amides is 1. The fourth-order valence-electron chi connectivity index (χ4n) is 1.96. The molecular weight excluding hydrogens is 210 g/mol. The molecule has 1 aliphatic rings. The van der Waals surface area contributed by atoms with E-state index in [4.69, 9.17) is 10.6 Å². The molecule has 4 N–H and O–H groups in total. The Hall–Kier alpha value is -0.690. The van der Waals surface area contributed by atoms with Gasteiger partial charge in [0.25, 0.3) is 5.91 Å². The molecule has 6 heteroatoms. The van der Waals surface area contributed by atoms with E-state index in [1.807, 2.05) is 11.8 Å². The lowest BCUT2D eigenvalue weighted by Gasteiger charge is -2.38. The number of carbonyl (C=O) groups excluding carboxylic acids is 1. The number of nitrogens with one attached hydrogen (secondary N) is 1. The van der Waals surface area contributed by atoms with Gasteiger partial charge in [-0.15, -0.1) is 0 Å². The van der Waals surface area contributed by atoms with Crippen LogP contribution in [0.3, 0.4) is 0 Å². The topological polar surface area (TPSA) is 87.8 Å². The van der Waals surface area contributed by atoms with Crippen molar-refractivity contribution in [3.63, 3.8) is 0 Å². The summed E-state index contributed by atoms with van der Waals surface area (Å²) >= 11 is 0. The van der Waals surface area contributed by atoms with Crippen LogP contribution in [0.1, 0.15) is 13.3 Å². The molecule has 1 fully saturated rings. The van der Waals surface area contributed by atoms with Crippen molar-refractivity contribution < 1.29 is 14.6 Å². The molecule has 1 heterocycles. The summed E-state index contributed by atoms with van der Waals surface area (Å²) in [4.78, 5) is 13.5. The predicted octanol–water partition coefficient (Wildman–Crippen LogP) is -1.31. The molecule has 1 rings (SSSR count). The first-order chi connectivity index (χ1) is 7.60. The predicted molar refractivity (Wildman–Crippen MR) is 59.4 cm³/mol. The minimum Gasteiger partial charge on any atom is -0.392 e. The maximum absolute atomic E-state index is 11.5. The normalized spacial score (nSPS) is 28.8. The van der Waals surface area contributed by atoms with Crippen molar-refractivity contribution in [1.29, 1.82) is 0 Å². The molecular formula is C10H21N3O3. The molecule has 94 valence electrons. The largest absolute Gasteiger partial charge is 0.392 e. The Morgan fingerprint density at radius 2 is 2.44 bits per heavy atom. The molecule has 0 aromatic heterocycles. The maximum Gasteiger partial charge on any atom is 0.253 e. The van der Waals surface area contributed by atoms with Gasteiger partial charge in [0.05, 0.1) is 12.7 Å². The third-order valence-corrected chi connectivity index (χ3v) is 3.16. The Kier molecular flexibility index (Phi) is 5.14. The molecule has 0 radical (unpaired) electrons. The van der Waals surface area contributed by atoms with Crippen LogP contribution in [-0.2, 0) is 9.53 Å². The molecule has 16 heavy (non-hydrogen) atoms. The van der Waals surface area contributed by atoms with Crippen molar-refractivity contribution in [2.45, 2.75) is 25.5 Å². The van der Waals surface area contributed by atoms with Crippen molar-refractivity contribution in [3.05, 3.63) is 0 Å². The second-order valence-electron chi connectivity index (χ2n) is 4.31. The lowest BCUT2D eigenvalue weighted by Crippen LogP contribution is -2.56. The standard InChI is InChI=1S/C10H21N3O3/c1-7-3-4-13(5-9(7)14)8(6-16-2)10(15)12-11/h7-9,14H,3-6,11H2,1-2H3,(H,12,15). The van der Waals surface area contributed by atoms with E-state index in [0.717, 1.165) is 13.0 Å². The Labute approximate surface area is 95.7 Å². The SMILES string of the molecule is COCC(C(=O)NN)N1CCC(C)C(O)C1. The number of hydrogen-bond donors (Lipinski definition) is 3. The van der Waals surface area contributed by atoms with Gasteiger partial charge in [0.15, 0.2) is 0 Å². The van der Waals surface area contributed by atoms with E-state index in [-0.39, 0.29) is 18.4 Å². The van der Waals surface area contributed by atoms with Crippen molar-refractivity contribution in [2.24, 2.45) is 11.8 Å². The van der Waals surface area contributed by atoms with E-state index in [2.05, 4.69) is 5.43 Å². The molecule has 0 aromatic rings. The first-order valence-corrected chi connectivity index (χ1v) is 5.51. The number of rotatable bonds is 4. The van der Waals surface area contributed by atoms with Crippen molar-refractivity contribution in [3.8, 4) is 0 Å². The van der Waals surface area contributed by atoms with E-state index in [1.165, 1.54) is 0 Å². The van der Waals surface area contributed by atoms with Gasteiger partial charge >= 0.3 is 0 Å². The molecule has 1 amide bonds. The number of carbonyl (C=O) groups is 1. The number of piperidine rings is 1. The summed E-state index contributed by atoms with van der Waals surface area (Å²) in [5, 5.41) is 9.77. The fourth-order valence-corrected chi connectivity index (χ4v) is 1.96. The zero-order chi connectivity index (χ0) is 12.1. The summed E-state index contributed by atoms with van der Waals surface area (Å²) in [7, 11) is 1.54. The highest BCUT2D eigenvalue weighted by Gasteiger charge is 2.32. The molecule has 6 nitrogen and oxygen atoms in total. The molecule has 3 unspecified atom stereocenters. The number of methoxy groups -OCH3 is 1. The number of aliphatic hydroxyl groups is 1. The molecule has 0 aliphatic carbocycles. The van der Waals surface area contributed by atoms with Crippen molar-refractivity contribution in [2.75, 3.05) is 26.8 Å². The average Bonchev–Trinajstić information content (AvgIpc) is 2.29. The van der Waals surface area contributed by atoms with E-state index in [9.17, 15) is 9.90 Å². The van der Waals surface area contributed by atoms with E-state index >= 15 is 0 Å². The lowest BCUT2D eigenvalue weighted by molar-refractivity contribution is -0.130. The number of likely N-dealkylation sites (tertiary alicyclic amines) is 1. The van der Waals surface area contributed by atoms with E-state index in [0.29, 0.717) is 6.54 Å². The third-order valence-electron chi connectivity index (χ3n) is 3.16. The highest BCUT2D eigenvalue weighted by molar-refractivity contribution is 5.81. The van der Waals surface area contributed by atoms with Crippen LogP contribution in [0.4, 0.5) is 0 Å². The van der Waals surface area contributed by atoms with Crippen LogP contribution in [0.15, 0.2) is 0 Å². The van der Waals surface area contributed by atoms with Gasteiger partial charge in [-0.1, -0.05) is 6.92 Å². The highest BCUT2D eigenvalue weighted by atomic mass is 16.5. The maximum atomic E-state index is 11.5.